The number of anilines is 1. The normalized spacial score (nSPS) is 10.3. The molecule has 0 heterocycles. The molecule has 0 bridgehead atoms. The van der Waals surface area contributed by atoms with Crippen molar-refractivity contribution in [2.24, 2.45) is 0 Å². The standard InChI is InChI=1S/C17H18ClNO2/c1-11-4-7-16(21-3)13(8-11)9-17(20)19-14-6-5-12(2)15(18)10-14/h4-8,10H,9H2,1-3H3,(H,19,20). The van der Waals surface area contributed by atoms with Gasteiger partial charge in [-0.15, -0.1) is 0 Å². The molecule has 1 N–H and O–H groups in total. The van der Waals surface area contributed by atoms with E-state index in [2.05, 4.69) is 5.32 Å². The summed E-state index contributed by atoms with van der Waals surface area (Å²) < 4.78 is 5.29. The minimum atomic E-state index is -0.0983. The lowest BCUT2D eigenvalue weighted by atomic mass is 10.1. The van der Waals surface area contributed by atoms with Gasteiger partial charge in [0.05, 0.1) is 13.5 Å². The molecule has 0 saturated heterocycles. The van der Waals surface area contributed by atoms with Crippen LogP contribution in [0.3, 0.4) is 0 Å². The SMILES string of the molecule is COc1ccc(C)cc1CC(=O)Nc1ccc(C)c(Cl)c1. The first-order valence-electron chi connectivity index (χ1n) is 6.69. The van der Waals surface area contributed by atoms with Crippen LogP contribution in [0.2, 0.25) is 5.02 Å². The Kier molecular flexibility index (Phi) is 4.86. The molecular formula is C17H18ClNO2. The van der Waals surface area contributed by atoms with E-state index in [-0.39, 0.29) is 12.3 Å². The second-order valence-electron chi connectivity index (χ2n) is 5.00. The molecule has 2 rings (SSSR count). The van der Waals surface area contributed by atoms with E-state index in [9.17, 15) is 4.79 Å². The number of halogens is 1. The molecule has 110 valence electrons. The highest BCUT2D eigenvalue weighted by Gasteiger charge is 2.10. The van der Waals surface area contributed by atoms with Gasteiger partial charge in [-0.05, 0) is 37.6 Å². The number of aryl methyl sites for hydroxylation is 2. The van der Waals surface area contributed by atoms with Gasteiger partial charge in [0.25, 0.3) is 0 Å². The van der Waals surface area contributed by atoms with Gasteiger partial charge in [0.2, 0.25) is 5.91 Å². The van der Waals surface area contributed by atoms with E-state index in [1.165, 1.54) is 0 Å². The van der Waals surface area contributed by atoms with Gasteiger partial charge in [-0.1, -0.05) is 35.4 Å². The van der Waals surface area contributed by atoms with Crippen LogP contribution < -0.4 is 10.1 Å². The van der Waals surface area contributed by atoms with E-state index in [4.69, 9.17) is 16.3 Å². The first-order valence-corrected chi connectivity index (χ1v) is 7.07. The Labute approximate surface area is 129 Å². The molecular weight excluding hydrogens is 286 g/mol. The number of nitrogens with one attached hydrogen (secondary N) is 1. The van der Waals surface area contributed by atoms with E-state index in [0.29, 0.717) is 10.7 Å². The van der Waals surface area contributed by atoms with Crippen molar-refractivity contribution in [2.75, 3.05) is 12.4 Å². The summed E-state index contributed by atoms with van der Waals surface area (Å²) >= 11 is 6.05. The van der Waals surface area contributed by atoms with Crippen molar-refractivity contribution in [2.45, 2.75) is 20.3 Å². The molecule has 0 unspecified atom stereocenters. The van der Waals surface area contributed by atoms with Crippen LogP contribution in [0.25, 0.3) is 0 Å². The van der Waals surface area contributed by atoms with Crippen molar-refractivity contribution >= 4 is 23.2 Å². The number of benzene rings is 2. The monoisotopic (exact) mass is 303 g/mol. The highest BCUT2D eigenvalue weighted by molar-refractivity contribution is 6.31. The Morgan fingerprint density at radius 2 is 1.95 bits per heavy atom. The summed E-state index contributed by atoms with van der Waals surface area (Å²) in [5.74, 6) is 0.622. The van der Waals surface area contributed by atoms with Crippen LogP contribution in [0.4, 0.5) is 5.69 Å². The number of amides is 1. The summed E-state index contributed by atoms with van der Waals surface area (Å²) in [7, 11) is 1.60. The largest absolute Gasteiger partial charge is 0.496 e. The summed E-state index contributed by atoms with van der Waals surface area (Å²) in [4.78, 5) is 12.1. The Balaban J connectivity index is 2.11. The van der Waals surface area contributed by atoms with Gasteiger partial charge in [0.15, 0.2) is 0 Å². The highest BCUT2D eigenvalue weighted by atomic mass is 35.5. The number of carbonyl (C=O) groups is 1. The summed E-state index contributed by atoms with van der Waals surface area (Å²) in [5, 5.41) is 3.49. The molecule has 1 amide bonds. The van der Waals surface area contributed by atoms with Gasteiger partial charge < -0.3 is 10.1 Å². The van der Waals surface area contributed by atoms with Crippen LogP contribution in [-0.2, 0) is 11.2 Å². The van der Waals surface area contributed by atoms with Crippen molar-refractivity contribution in [3.63, 3.8) is 0 Å². The van der Waals surface area contributed by atoms with Crippen LogP contribution in [0.15, 0.2) is 36.4 Å². The number of rotatable bonds is 4. The van der Waals surface area contributed by atoms with Gasteiger partial charge in [-0.25, -0.2) is 0 Å². The van der Waals surface area contributed by atoms with E-state index >= 15 is 0 Å². The number of carbonyl (C=O) groups excluding carboxylic acids is 1. The van der Waals surface area contributed by atoms with E-state index in [1.807, 2.05) is 44.2 Å². The molecule has 3 nitrogen and oxygen atoms in total. The first kappa shape index (κ1) is 15.4. The van der Waals surface area contributed by atoms with Crippen molar-refractivity contribution in [3.8, 4) is 5.75 Å². The number of hydrogen-bond acceptors (Lipinski definition) is 2. The third kappa shape index (κ3) is 3.99. The summed E-state index contributed by atoms with van der Waals surface area (Å²) in [6, 6.07) is 11.3. The summed E-state index contributed by atoms with van der Waals surface area (Å²) in [5.41, 5.74) is 3.64. The Morgan fingerprint density at radius 1 is 1.19 bits per heavy atom. The molecule has 0 saturated carbocycles. The molecule has 2 aromatic rings. The number of ether oxygens (including phenoxy) is 1. The molecule has 0 aliphatic carbocycles. The molecule has 0 aliphatic rings. The second kappa shape index (κ2) is 6.64. The maximum Gasteiger partial charge on any atom is 0.228 e. The minimum Gasteiger partial charge on any atom is -0.496 e. The van der Waals surface area contributed by atoms with Crippen molar-refractivity contribution in [3.05, 3.63) is 58.1 Å². The van der Waals surface area contributed by atoms with Crippen molar-refractivity contribution < 1.29 is 9.53 Å². The smallest absolute Gasteiger partial charge is 0.228 e. The fourth-order valence-corrected chi connectivity index (χ4v) is 2.27. The van der Waals surface area contributed by atoms with Crippen molar-refractivity contribution in [1.82, 2.24) is 0 Å². The maximum absolute atomic E-state index is 12.1. The molecule has 0 aliphatic heterocycles. The highest BCUT2D eigenvalue weighted by Crippen LogP contribution is 2.22. The van der Waals surface area contributed by atoms with E-state index in [1.54, 1.807) is 13.2 Å². The third-order valence-corrected chi connectivity index (χ3v) is 3.65. The number of hydrogen-bond donors (Lipinski definition) is 1. The van der Waals surface area contributed by atoms with Gasteiger partial charge >= 0.3 is 0 Å². The van der Waals surface area contributed by atoms with Crippen LogP contribution >= 0.6 is 11.6 Å². The summed E-state index contributed by atoms with van der Waals surface area (Å²) in [6.07, 6.45) is 0.260. The zero-order valence-corrected chi connectivity index (χ0v) is 13.1. The first-order chi connectivity index (χ1) is 9.99. The van der Waals surface area contributed by atoms with E-state index in [0.717, 1.165) is 22.4 Å². The van der Waals surface area contributed by atoms with Gasteiger partial charge in [-0.3, -0.25) is 4.79 Å². The molecule has 0 aromatic heterocycles. The lowest BCUT2D eigenvalue weighted by Gasteiger charge is -2.10. The molecule has 4 heteroatoms. The third-order valence-electron chi connectivity index (χ3n) is 3.24. The number of methoxy groups -OCH3 is 1. The summed E-state index contributed by atoms with van der Waals surface area (Å²) in [6.45, 7) is 3.91. The topological polar surface area (TPSA) is 38.3 Å². The lowest BCUT2D eigenvalue weighted by molar-refractivity contribution is -0.115. The second-order valence-corrected chi connectivity index (χ2v) is 5.41. The predicted octanol–water partition coefficient (Wildman–Crippen LogP) is 4.15. The zero-order chi connectivity index (χ0) is 15.4. The fourth-order valence-electron chi connectivity index (χ4n) is 2.09. The van der Waals surface area contributed by atoms with Crippen LogP contribution in [0.5, 0.6) is 5.75 Å². The minimum absolute atomic E-state index is 0.0983. The maximum atomic E-state index is 12.1. The molecule has 0 spiro atoms. The van der Waals surface area contributed by atoms with Crippen molar-refractivity contribution in [1.29, 1.82) is 0 Å². The fraction of sp³-hybridized carbons (Fsp3) is 0.235. The van der Waals surface area contributed by atoms with Crippen LogP contribution in [0, 0.1) is 13.8 Å². The van der Waals surface area contributed by atoms with Gasteiger partial charge in [0.1, 0.15) is 5.75 Å². The Hall–Kier alpha value is -2.00. The van der Waals surface area contributed by atoms with Crippen LogP contribution in [-0.4, -0.2) is 13.0 Å². The lowest BCUT2D eigenvalue weighted by Crippen LogP contribution is -2.15. The molecule has 0 fully saturated rings. The van der Waals surface area contributed by atoms with Gasteiger partial charge in [0, 0.05) is 16.3 Å². The molecule has 21 heavy (non-hydrogen) atoms. The Bertz CT molecular complexity index is 668. The quantitative estimate of drug-likeness (QED) is 0.921. The predicted molar refractivity (Wildman–Crippen MR) is 86.3 cm³/mol. The molecule has 0 radical (unpaired) electrons. The Morgan fingerprint density at radius 3 is 2.62 bits per heavy atom. The average molecular weight is 304 g/mol. The van der Waals surface area contributed by atoms with E-state index < -0.39 is 0 Å². The van der Waals surface area contributed by atoms with Crippen LogP contribution in [0.1, 0.15) is 16.7 Å². The van der Waals surface area contributed by atoms with Gasteiger partial charge in [-0.2, -0.15) is 0 Å². The molecule has 2 aromatic carbocycles. The zero-order valence-electron chi connectivity index (χ0n) is 12.4. The molecule has 0 atom stereocenters. The average Bonchev–Trinajstić information content (AvgIpc) is 2.43.